The molecule has 2 atom stereocenters. The van der Waals surface area contributed by atoms with Crippen molar-refractivity contribution in [1.82, 2.24) is 4.98 Å². The molecule has 1 aromatic rings. The molecule has 0 spiro atoms. The Bertz CT molecular complexity index is 375. The number of hydrogen-bond donors (Lipinski definition) is 4. The van der Waals surface area contributed by atoms with E-state index in [-0.39, 0.29) is 0 Å². The predicted molar refractivity (Wildman–Crippen MR) is 58.1 cm³/mol. The van der Waals surface area contributed by atoms with E-state index in [1.54, 1.807) is 18.3 Å². The Morgan fingerprint density at radius 3 is 2.80 bits per heavy atom. The maximum absolute atomic E-state index is 11.1. The Hall–Kier alpha value is -0.160. The van der Waals surface area contributed by atoms with Gasteiger partial charge in [-0.3, -0.25) is 4.57 Å². The molecule has 1 heterocycles. The zero-order valence-electron chi connectivity index (χ0n) is 7.48. The van der Waals surface area contributed by atoms with E-state index in [2.05, 4.69) is 17.6 Å². The second-order valence-electron chi connectivity index (χ2n) is 2.72. The van der Waals surface area contributed by atoms with Gasteiger partial charge in [-0.1, -0.05) is 0 Å². The van der Waals surface area contributed by atoms with E-state index in [1.165, 1.54) is 0 Å². The highest BCUT2D eigenvalue weighted by Crippen LogP contribution is 2.47. The molecule has 1 rings (SSSR count). The summed E-state index contributed by atoms with van der Waals surface area (Å²) in [5, 5.41) is 0. The van der Waals surface area contributed by atoms with Gasteiger partial charge in [0.2, 0.25) is 0 Å². The SMILES string of the molecule is O=[P+](CP(=O)(O)O)OC(S)c1ccc[nH]1. The normalized spacial score (nSPS) is 15.0. The monoisotopic (exact) mass is 270 g/mol. The first-order valence-electron chi connectivity index (χ1n) is 3.86. The van der Waals surface area contributed by atoms with Crippen LogP contribution in [0, 0.1) is 0 Å². The lowest BCUT2D eigenvalue weighted by Crippen LogP contribution is -1.93. The quantitative estimate of drug-likeness (QED) is 0.371. The van der Waals surface area contributed by atoms with E-state index >= 15 is 0 Å². The van der Waals surface area contributed by atoms with Crippen molar-refractivity contribution in [1.29, 1.82) is 0 Å². The minimum absolute atomic E-state index is 0.576. The predicted octanol–water partition coefficient (Wildman–Crippen LogP) is 1.84. The Balaban J connectivity index is 2.49. The molecule has 84 valence electrons. The van der Waals surface area contributed by atoms with Crippen LogP contribution >= 0.6 is 28.3 Å². The third-order valence-corrected chi connectivity index (χ3v) is 4.80. The summed E-state index contributed by atoms with van der Waals surface area (Å²) in [6.45, 7) is 0. The number of nitrogens with one attached hydrogen (secondary N) is 1. The van der Waals surface area contributed by atoms with Crippen molar-refractivity contribution >= 4 is 28.3 Å². The summed E-state index contributed by atoms with van der Waals surface area (Å²) < 4.78 is 26.5. The highest BCUT2D eigenvalue weighted by molar-refractivity contribution is 7.80. The fraction of sp³-hybridized carbons (Fsp3) is 0.333. The molecule has 0 aromatic carbocycles. The van der Waals surface area contributed by atoms with Gasteiger partial charge in [-0.15, -0.1) is 17.2 Å². The minimum Gasteiger partial charge on any atom is -0.362 e. The molecule has 0 saturated carbocycles. The van der Waals surface area contributed by atoms with Crippen molar-refractivity contribution in [3.05, 3.63) is 24.0 Å². The minimum atomic E-state index is -4.31. The second kappa shape index (κ2) is 5.25. The maximum atomic E-state index is 11.1. The largest absolute Gasteiger partial charge is 0.522 e. The molecule has 0 bridgehead atoms. The summed E-state index contributed by atoms with van der Waals surface area (Å²) >= 11 is 3.98. The number of aromatic amines is 1. The van der Waals surface area contributed by atoms with E-state index in [1.807, 2.05) is 0 Å². The molecule has 0 amide bonds. The first kappa shape index (κ1) is 12.9. The Morgan fingerprint density at radius 1 is 1.67 bits per heavy atom. The van der Waals surface area contributed by atoms with Crippen molar-refractivity contribution in [3.63, 3.8) is 0 Å². The summed E-state index contributed by atoms with van der Waals surface area (Å²) in [7, 11) is -6.73. The molecular formula is C6H10NO5P2S+. The van der Waals surface area contributed by atoms with Crippen LogP contribution in [0.2, 0.25) is 0 Å². The average molecular weight is 270 g/mol. The van der Waals surface area contributed by atoms with E-state index in [4.69, 9.17) is 14.3 Å². The van der Waals surface area contributed by atoms with Gasteiger partial charge in [-0.25, -0.2) is 0 Å². The van der Waals surface area contributed by atoms with Gasteiger partial charge in [0.1, 0.15) is 0 Å². The summed E-state index contributed by atoms with van der Waals surface area (Å²) in [6.07, 6.45) is 1.64. The maximum Gasteiger partial charge on any atom is 0.522 e. The standard InChI is InChI=1S/C6H9NO5P2S/c8-13(4-14(9,10)11)12-6(15)5-2-1-3-7-5/h1-3,6-7H,4H2,(H2-,9,10,11,15)/p+1. The zero-order valence-corrected chi connectivity index (χ0v) is 10.2. The zero-order chi connectivity index (χ0) is 11.5. The molecule has 2 unspecified atom stereocenters. The Labute approximate surface area is 92.5 Å². The lowest BCUT2D eigenvalue weighted by molar-refractivity contribution is 0.305. The summed E-state index contributed by atoms with van der Waals surface area (Å²) in [5.41, 5.74) is -0.206. The van der Waals surface area contributed by atoms with Crippen LogP contribution in [0.5, 0.6) is 0 Å². The van der Waals surface area contributed by atoms with Crippen molar-refractivity contribution < 1.29 is 23.4 Å². The van der Waals surface area contributed by atoms with Crippen LogP contribution in [0.4, 0.5) is 0 Å². The van der Waals surface area contributed by atoms with Crippen LogP contribution in [0.1, 0.15) is 11.1 Å². The van der Waals surface area contributed by atoms with Gasteiger partial charge in [-0.2, -0.15) is 0 Å². The summed E-state index contributed by atoms with van der Waals surface area (Å²) in [4.78, 5) is 19.9. The van der Waals surface area contributed by atoms with Gasteiger partial charge in [0.25, 0.3) is 5.90 Å². The van der Waals surface area contributed by atoms with E-state index in [0.717, 1.165) is 0 Å². The summed E-state index contributed by atoms with van der Waals surface area (Å²) in [6, 6.07) is 3.37. The average Bonchev–Trinajstić information content (AvgIpc) is 2.50. The van der Waals surface area contributed by atoms with Gasteiger partial charge in [0, 0.05) is 6.20 Å². The molecule has 0 aliphatic carbocycles. The molecule has 0 saturated heterocycles. The number of hydrogen-bond acceptors (Lipinski definition) is 4. The molecule has 9 heteroatoms. The van der Waals surface area contributed by atoms with Crippen LogP contribution in [0.15, 0.2) is 18.3 Å². The van der Waals surface area contributed by atoms with Crippen molar-refractivity contribution in [2.24, 2.45) is 0 Å². The molecule has 0 aliphatic heterocycles. The van der Waals surface area contributed by atoms with Gasteiger partial charge in [0.05, 0.1) is 5.69 Å². The Kier molecular flexibility index (Phi) is 4.52. The van der Waals surface area contributed by atoms with Crippen LogP contribution in [0.25, 0.3) is 0 Å². The molecule has 0 radical (unpaired) electrons. The smallest absolute Gasteiger partial charge is 0.362 e. The van der Waals surface area contributed by atoms with E-state index in [9.17, 15) is 9.13 Å². The second-order valence-corrected chi connectivity index (χ2v) is 6.53. The van der Waals surface area contributed by atoms with E-state index in [0.29, 0.717) is 5.69 Å². The third kappa shape index (κ3) is 4.93. The molecule has 3 N–H and O–H groups in total. The van der Waals surface area contributed by atoms with Gasteiger partial charge in [-0.05, 0) is 16.7 Å². The van der Waals surface area contributed by atoms with Crippen LogP contribution in [-0.2, 0) is 13.7 Å². The molecule has 6 nitrogen and oxygen atoms in total. The number of H-pyrrole nitrogens is 1. The van der Waals surface area contributed by atoms with Crippen LogP contribution in [-0.4, -0.2) is 20.7 Å². The number of rotatable bonds is 5. The first-order valence-corrected chi connectivity index (χ1v) is 7.53. The highest BCUT2D eigenvalue weighted by atomic mass is 32.1. The van der Waals surface area contributed by atoms with Crippen molar-refractivity contribution in [3.8, 4) is 0 Å². The van der Waals surface area contributed by atoms with Gasteiger partial charge >= 0.3 is 15.6 Å². The number of aromatic nitrogens is 1. The fourth-order valence-electron chi connectivity index (χ4n) is 0.850. The van der Waals surface area contributed by atoms with Crippen molar-refractivity contribution in [2.45, 2.75) is 5.44 Å². The lowest BCUT2D eigenvalue weighted by Gasteiger charge is -2.01. The third-order valence-electron chi connectivity index (χ3n) is 1.41. The highest BCUT2D eigenvalue weighted by Gasteiger charge is 2.33. The number of thiol groups is 1. The molecule has 15 heavy (non-hydrogen) atoms. The molecule has 1 aromatic heterocycles. The van der Waals surface area contributed by atoms with Gasteiger partial charge in [0.15, 0.2) is 5.44 Å². The van der Waals surface area contributed by atoms with Crippen molar-refractivity contribution in [2.75, 3.05) is 5.90 Å². The summed E-state index contributed by atoms with van der Waals surface area (Å²) in [5.74, 6) is -0.792. The lowest BCUT2D eigenvalue weighted by atomic mass is 10.5. The Morgan fingerprint density at radius 2 is 2.33 bits per heavy atom. The molecule has 0 fully saturated rings. The first-order chi connectivity index (χ1) is 6.88. The fourth-order valence-corrected chi connectivity index (χ4v) is 3.13. The molecule has 0 aliphatic rings. The van der Waals surface area contributed by atoms with E-state index < -0.39 is 27.0 Å². The molecular weight excluding hydrogens is 260 g/mol. The van der Waals surface area contributed by atoms with Gasteiger partial charge < -0.3 is 14.8 Å². The van der Waals surface area contributed by atoms with Crippen LogP contribution < -0.4 is 0 Å². The topological polar surface area (TPSA) is 99.6 Å². The van der Waals surface area contributed by atoms with Crippen LogP contribution in [0.3, 0.4) is 0 Å².